The first-order valence-electron chi connectivity index (χ1n) is 17.7. The molecule has 5 aromatic rings. The van der Waals surface area contributed by atoms with Gasteiger partial charge in [0.15, 0.2) is 5.60 Å². The van der Waals surface area contributed by atoms with E-state index in [1.807, 2.05) is 0 Å². The zero-order chi connectivity index (χ0) is 30.3. The lowest BCUT2D eigenvalue weighted by Gasteiger charge is -2.44. The number of piperidine rings is 1. The van der Waals surface area contributed by atoms with Gasteiger partial charge in [-0.3, -0.25) is 0 Å². The van der Waals surface area contributed by atoms with Crippen LogP contribution in [0.3, 0.4) is 0 Å². The summed E-state index contributed by atoms with van der Waals surface area (Å²) >= 11 is 0. The van der Waals surface area contributed by atoms with Gasteiger partial charge in [0.1, 0.15) is 5.75 Å². The number of benzene rings is 5. The Morgan fingerprint density at radius 3 is 2.26 bits per heavy atom. The van der Waals surface area contributed by atoms with Crippen LogP contribution in [0.15, 0.2) is 109 Å². The summed E-state index contributed by atoms with van der Waals surface area (Å²) in [5.74, 6) is 2.64. The summed E-state index contributed by atoms with van der Waals surface area (Å²) in [5, 5.41) is 2.55. The standard InChI is InChI=1S/C44H41NO/c1-3-11-31(12-4-1)44(32-19-21-34(22-20-32)45-27-9-2-10-28-45)26-24-38-41-40(35-13-5-6-14-36(35)42(38)46-44)37-15-7-8-16-39(37)43(41)25-23-30-17-18-33(43)29-30/h1,3-8,11-16,19-22,24,26,30,33H,2,9-10,17-18,23,25,27-29H2. The maximum atomic E-state index is 7.63. The fourth-order valence-corrected chi connectivity index (χ4v) is 10.4. The average molecular weight is 600 g/mol. The number of rotatable bonds is 3. The summed E-state index contributed by atoms with van der Waals surface area (Å²) in [7, 11) is 0. The van der Waals surface area contributed by atoms with Crippen LogP contribution in [0, 0.1) is 11.8 Å². The molecule has 0 amide bonds. The first kappa shape index (κ1) is 26.9. The van der Waals surface area contributed by atoms with E-state index >= 15 is 0 Å². The molecule has 10 rings (SSSR count). The van der Waals surface area contributed by atoms with Crippen LogP contribution in [0.25, 0.3) is 28.0 Å². The van der Waals surface area contributed by atoms with Crippen molar-refractivity contribution in [1.82, 2.24) is 0 Å². The monoisotopic (exact) mass is 599 g/mol. The molecule has 4 unspecified atom stereocenters. The van der Waals surface area contributed by atoms with Crippen molar-refractivity contribution < 1.29 is 4.74 Å². The Kier molecular flexibility index (Phi) is 5.90. The topological polar surface area (TPSA) is 12.5 Å². The van der Waals surface area contributed by atoms with Gasteiger partial charge in [-0.05, 0) is 103 Å². The number of ether oxygens (including phenoxy) is 1. The van der Waals surface area contributed by atoms with Gasteiger partial charge in [-0.2, -0.15) is 0 Å². The van der Waals surface area contributed by atoms with Crippen LogP contribution in [0.4, 0.5) is 5.69 Å². The van der Waals surface area contributed by atoms with Gasteiger partial charge >= 0.3 is 0 Å². The van der Waals surface area contributed by atoms with E-state index < -0.39 is 5.60 Å². The molecule has 4 atom stereocenters. The van der Waals surface area contributed by atoms with Crippen LogP contribution in [0.5, 0.6) is 5.75 Å². The Bertz CT molecular complexity index is 2000. The highest BCUT2D eigenvalue weighted by molar-refractivity contribution is 6.08. The molecule has 2 saturated carbocycles. The third-order valence-electron chi connectivity index (χ3n) is 12.5. The molecule has 2 heteroatoms. The second kappa shape index (κ2) is 10.1. The van der Waals surface area contributed by atoms with E-state index in [1.54, 1.807) is 11.1 Å². The minimum Gasteiger partial charge on any atom is -0.472 e. The molecular weight excluding hydrogens is 558 g/mol. The Labute approximate surface area is 272 Å². The smallest absolute Gasteiger partial charge is 0.178 e. The molecular formula is C44H41NO. The SMILES string of the molecule is C1=CC(c2ccccc2)(c2ccc(N3CCCCC3)cc2)Oc2c1c1c(c3ccccc23)-c2ccccc2C12CCC1CCC2C1. The van der Waals surface area contributed by atoms with Gasteiger partial charge in [0.05, 0.1) is 0 Å². The predicted octanol–water partition coefficient (Wildman–Crippen LogP) is 10.7. The van der Waals surface area contributed by atoms with E-state index in [0.717, 1.165) is 24.8 Å². The second-order valence-electron chi connectivity index (χ2n) is 14.6. The highest BCUT2D eigenvalue weighted by atomic mass is 16.5. The van der Waals surface area contributed by atoms with Crippen LogP contribution in [-0.2, 0) is 11.0 Å². The molecule has 3 fully saturated rings. The third-order valence-corrected chi connectivity index (χ3v) is 12.5. The molecule has 5 aliphatic rings. The number of anilines is 1. The van der Waals surface area contributed by atoms with Crippen molar-refractivity contribution in [3.8, 4) is 16.9 Å². The first-order valence-corrected chi connectivity index (χ1v) is 17.7. The van der Waals surface area contributed by atoms with Crippen molar-refractivity contribution in [3.05, 3.63) is 137 Å². The largest absolute Gasteiger partial charge is 0.472 e. The van der Waals surface area contributed by atoms with E-state index in [9.17, 15) is 0 Å². The second-order valence-corrected chi connectivity index (χ2v) is 14.6. The van der Waals surface area contributed by atoms with Crippen LogP contribution >= 0.6 is 0 Å². The number of hydrogen-bond acceptors (Lipinski definition) is 2. The van der Waals surface area contributed by atoms with E-state index in [-0.39, 0.29) is 5.41 Å². The Hall–Kier alpha value is -4.30. The number of nitrogens with zero attached hydrogens (tertiary/aromatic N) is 1. The summed E-state index contributed by atoms with van der Waals surface area (Å²) in [6.45, 7) is 2.30. The zero-order valence-electron chi connectivity index (χ0n) is 26.6. The lowest BCUT2D eigenvalue weighted by atomic mass is 9.60. The highest BCUT2D eigenvalue weighted by Crippen LogP contribution is 2.66. The van der Waals surface area contributed by atoms with Crippen LogP contribution in [-0.4, -0.2) is 13.1 Å². The van der Waals surface area contributed by atoms with E-state index in [1.165, 1.54) is 95.6 Å². The molecule has 5 aromatic carbocycles. The minimum atomic E-state index is -0.713. The van der Waals surface area contributed by atoms with E-state index in [4.69, 9.17) is 4.74 Å². The van der Waals surface area contributed by atoms with Gasteiger partial charge in [-0.25, -0.2) is 0 Å². The Morgan fingerprint density at radius 1 is 0.674 bits per heavy atom. The average Bonchev–Trinajstić information content (AvgIpc) is 3.67. The Morgan fingerprint density at radius 2 is 1.41 bits per heavy atom. The zero-order valence-corrected chi connectivity index (χ0v) is 26.6. The lowest BCUT2D eigenvalue weighted by Crippen LogP contribution is -2.38. The molecule has 2 aliphatic heterocycles. The fourth-order valence-electron chi connectivity index (χ4n) is 10.4. The van der Waals surface area contributed by atoms with E-state index in [0.29, 0.717) is 5.92 Å². The van der Waals surface area contributed by atoms with Crippen molar-refractivity contribution >= 4 is 22.5 Å². The maximum absolute atomic E-state index is 7.63. The summed E-state index contributed by atoms with van der Waals surface area (Å²) in [5.41, 5.74) is 10.3. The highest BCUT2D eigenvalue weighted by Gasteiger charge is 2.55. The van der Waals surface area contributed by atoms with Crippen molar-refractivity contribution in [3.63, 3.8) is 0 Å². The molecule has 46 heavy (non-hydrogen) atoms. The molecule has 2 nitrogen and oxygen atoms in total. The van der Waals surface area contributed by atoms with Crippen LogP contribution in [0.1, 0.15) is 79.2 Å². The summed E-state index contributed by atoms with van der Waals surface area (Å²) in [4.78, 5) is 2.54. The van der Waals surface area contributed by atoms with Gasteiger partial charge < -0.3 is 9.64 Å². The van der Waals surface area contributed by atoms with Crippen molar-refractivity contribution in [2.45, 2.75) is 62.4 Å². The van der Waals surface area contributed by atoms with Gasteiger partial charge in [0.25, 0.3) is 0 Å². The molecule has 228 valence electrons. The van der Waals surface area contributed by atoms with Crippen molar-refractivity contribution in [1.29, 1.82) is 0 Å². The molecule has 3 aliphatic carbocycles. The summed E-state index contributed by atoms with van der Waals surface area (Å²) < 4.78 is 7.63. The van der Waals surface area contributed by atoms with E-state index in [2.05, 4.69) is 120 Å². The molecule has 2 bridgehead atoms. The third kappa shape index (κ3) is 3.65. The Balaban J connectivity index is 1.21. The quantitative estimate of drug-likeness (QED) is 0.205. The normalized spacial score (nSPS) is 27.3. The summed E-state index contributed by atoms with van der Waals surface area (Å²) in [6.07, 6.45) is 15.4. The minimum absolute atomic E-state index is 0.0591. The van der Waals surface area contributed by atoms with Crippen molar-refractivity contribution in [2.75, 3.05) is 18.0 Å². The van der Waals surface area contributed by atoms with Gasteiger partial charge in [-0.15, -0.1) is 0 Å². The molecule has 0 N–H and O–H groups in total. The van der Waals surface area contributed by atoms with Crippen LogP contribution < -0.4 is 9.64 Å². The first-order chi connectivity index (χ1) is 22.8. The fraction of sp³-hybridized carbons (Fsp3) is 0.318. The predicted molar refractivity (Wildman–Crippen MR) is 190 cm³/mol. The number of fused-ring (bicyclic) bond motifs is 13. The molecule has 0 aromatic heterocycles. The van der Waals surface area contributed by atoms with Gasteiger partial charge in [-0.1, -0.05) is 103 Å². The lowest BCUT2D eigenvalue weighted by molar-refractivity contribution is 0.162. The summed E-state index contributed by atoms with van der Waals surface area (Å²) in [6, 6.07) is 38.6. The van der Waals surface area contributed by atoms with Crippen LogP contribution in [0.2, 0.25) is 0 Å². The van der Waals surface area contributed by atoms with Gasteiger partial charge in [0, 0.05) is 46.3 Å². The maximum Gasteiger partial charge on any atom is 0.178 e. The molecule has 0 radical (unpaired) electrons. The molecule has 1 saturated heterocycles. The van der Waals surface area contributed by atoms with Gasteiger partial charge in [0.2, 0.25) is 0 Å². The molecule has 1 spiro atoms. The molecule has 2 heterocycles. The number of hydrogen-bond donors (Lipinski definition) is 0. The van der Waals surface area contributed by atoms with Crippen molar-refractivity contribution in [2.24, 2.45) is 11.8 Å².